The first-order chi connectivity index (χ1) is 47.1. The Bertz CT molecular complexity index is 3040. The lowest BCUT2D eigenvalue weighted by atomic mass is 9.94. The van der Waals surface area contributed by atoms with Crippen LogP contribution in [0.3, 0.4) is 0 Å². The Labute approximate surface area is 601 Å². The third kappa shape index (κ3) is 24.9. The summed E-state index contributed by atoms with van der Waals surface area (Å²) in [4.78, 5) is 211. The van der Waals surface area contributed by atoms with E-state index >= 15 is 0 Å². The van der Waals surface area contributed by atoms with Crippen LogP contribution in [0.25, 0.3) is 0 Å². The number of hydrogen-bond acceptors (Lipinski definition) is 17. The van der Waals surface area contributed by atoms with Crippen molar-refractivity contribution in [1.29, 1.82) is 0 Å². The van der Waals surface area contributed by atoms with Gasteiger partial charge in [0.05, 0.1) is 19.3 Å². The van der Waals surface area contributed by atoms with Crippen molar-refractivity contribution >= 4 is 88.6 Å². The Kier molecular flexibility index (Phi) is 32.8. The number of nitrogens with zero attached hydrogens (tertiary/aromatic N) is 3. The maximum absolute atomic E-state index is 14.6. The van der Waals surface area contributed by atoms with Crippen molar-refractivity contribution in [2.24, 2.45) is 29.4 Å². The van der Waals surface area contributed by atoms with Crippen molar-refractivity contribution in [3.8, 4) is 0 Å². The standard InChI is InChI=1S/C70H121N15O17/c1-20-41(9)52(77-54(91)47(37-87)74-58(95)49-26-23-31-84(49)64(101)67(13,14)79-55(92)45(34-39(5)6)73-53(90)44(28-29-51(71)89)75-61(98)66(11,12)78-42(10)88)60(97)81-69(17,18)65(102)85-32-24-27-50(85)59(96)82-70(19,21-2)62(99)76-46(35-40(7)8)56(93)80-68(15,16)63(100)83-30-22-25-48(83)57(94)72-43(36-86)33-38(3)4/h38-41,43-50,52,86-87H,20-37H2,1-19H3,(H2,71,89)(H,72,94)(H,73,90)(H,74,95)(H,75,98)(H,76,99)(H,77,91)(H,78,88)(H,79,92)(H,80,93)(H,81,97)(H,82,96)/t41-,43-,44-,45-,46-,47-,48-,49-,50-,52-,70+/m0/s1. The Morgan fingerprint density at radius 3 is 1.24 bits per heavy atom. The van der Waals surface area contributed by atoms with Crippen LogP contribution in [0.4, 0.5) is 0 Å². The maximum Gasteiger partial charge on any atom is 0.248 e. The molecule has 0 aromatic heterocycles. The molecule has 0 aliphatic carbocycles. The normalized spacial score (nSPS) is 19.2. The number of carbonyl (C=O) groups is 15. The first-order valence-corrected chi connectivity index (χ1v) is 36.0. The van der Waals surface area contributed by atoms with Gasteiger partial charge in [0, 0.05) is 33.0 Å². The van der Waals surface area contributed by atoms with Gasteiger partial charge in [0.25, 0.3) is 0 Å². The molecule has 32 nitrogen and oxygen atoms in total. The monoisotopic (exact) mass is 1440 g/mol. The van der Waals surface area contributed by atoms with Crippen molar-refractivity contribution < 1.29 is 82.1 Å². The number of rotatable bonds is 38. The first-order valence-electron chi connectivity index (χ1n) is 36.0. The van der Waals surface area contributed by atoms with Crippen LogP contribution in [0.5, 0.6) is 0 Å². The molecule has 3 aliphatic rings. The smallest absolute Gasteiger partial charge is 0.248 e. The quantitative estimate of drug-likeness (QED) is 0.0359. The molecule has 0 spiro atoms. The lowest BCUT2D eigenvalue weighted by Gasteiger charge is -2.37. The van der Waals surface area contributed by atoms with E-state index in [1.807, 2.05) is 27.7 Å². The number of amides is 15. The zero-order valence-corrected chi connectivity index (χ0v) is 63.7. The van der Waals surface area contributed by atoms with Crippen molar-refractivity contribution in [2.75, 3.05) is 32.8 Å². The molecule has 3 heterocycles. The number of hydrogen-bond donors (Lipinski definition) is 14. The van der Waals surface area contributed by atoms with E-state index in [1.165, 1.54) is 83.9 Å². The van der Waals surface area contributed by atoms with Gasteiger partial charge in [0.2, 0.25) is 88.6 Å². The highest BCUT2D eigenvalue weighted by Crippen LogP contribution is 2.27. The molecule has 0 bridgehead atoms. The minimum absolute atomic E-state index is 0.0345. The summed E-state index contributed by atoms with van der Waals surface area (Å²) < 4.78 is 0. The van der Waals surface area contributed by atoms with E-state index in [-0.39, 0.29) is 88.9 Å². The second kappa shape index (κ2) is 37.9. The molecular formula is C70H121N15O17. The Morgan fingerprint density at radius 2 is 0.843 bits per heavy atom. The van der Waals surface area contributed by atoms with Gasteiger partial charge in [-0.1, -0.05) is 68.7 Å². The Balaban J connectivity index is 1.74. The third-order valence-electron chi connectivity index (χ3n) is 18.9. The molecule has 32 heteroatoms. The molecule has 3 aliphatic heterocycles. The Hall–Kier alpha value is -8.03. The third-order valence-corrected chi connectivity index (χ3v) is 18.9. The van der Waals surface area contributed by atoms with Gasteiger partial charge in [0.15, 0.2) is 0 Å². The first kappa shape index (κ1) is 88.2. The largest absolute Gasteiger partial charge is 0.394 e. The summed E-state index contributed by atoms with van der Waals surface area (Å²) in [6, 6.07) is -10.5. The molecule has 0 radical (unpaired) electrons. The highest BCUT2D eigenvalue weighted by atomic mass is 16.3. The number of aliphatic hydroxyl groups is 2. The van der Waals surface area contributed by atoms with Crippen molar-refractivity contribution in [1.82, 2.24) is 73.2 Å². The van der Waals surface area contributed by atoms with Crippen LogP contribution < -0.4 is 64.2 Å². The van der Waals surface area contributed by atoms with Gasteiger partial charge in [-0.3, -0.25) is 71.9 Å². The summed E-state index contributed by atoms with van der Waals surface area (Å²) >= 11 is 0. The summed E-state index contributed by atoms with van der Waals surface area (Å²) in [6.45, 7) is 29.6. The number of carbonyl (C=O) groups excluding carboxylic acids is 15. The van der Waals surface area contributed by atoms with Crippen LogP contribution in [0.15, 0.2) is 0 Å². The van der Waals surface area contributed by atoms with Crippen LogP contribution in [0.1, 0.15) is 215 Å². The van der Waals surface area contributed by atoms with E-state index in [0.29, 0.717) is 38.5 Å². The highest BCUT2D eigenvalue weighted by Gasteiger charge is 2.49. The zero-order valence-electron chi connectivity index (χ0n) is 63.7. The molecule has 15 amide bonds. The lowest BCUT2D eigenvalue weighted by Crippen LogP contribution is -2.66. The molecule has 0 unspecified atom stereocenters. The molecule has 11 atom stereocenters. The molecule has 0 saturated carbocycles. The van der Waals surface area contributed by atoms with Crippen LogP contribution in [-0.4, -0.2) is 228 Å². The molecule has 578 valence electrons. The predicted octanol–water partition coefficient (Wildman–Crippen LogP) is -0.813. The zero-order chi connectivity index (χ0) is 77.9. The number of nitrogens with one attached hydrogen (secondary N) is 11. The average Bonchev–Trinajstić information content (AvgIpc) is 1.61. The molecule has 102 heavy (non-hydrogen) atoms. The van der Waals surface area contributed by atoms with Crippen LogP contribution in [0.2, 0.25) is 0 Å². The van der Waals surface area contributed by atoms with E-state index in [0.717, 1.165) is 0 Å². The topological polar surface area (TPSA) is 465 Å². The molecule has 0 aromatic rings. The fourth-order valence-electron chi connectivity index (χ4n) is 12.8. The molecule has 15 N–H and O–H groups in total. The minimum atomic E-state index is -1.73. The van der Waals surface area contributed by atoms with Gasteiger partial charge in [0.1, 0.15) is 76.0 Å². The van der Waals surface area contributed by atoms with E-state index in [4.69, 9.17) is 5.73 Å². The second-order valence-corrected chi connectivity index (χ2v) is 31.3. The highest BCUT2D eigenvalue weighted by molar-refractivity contribution is 6.02. The Morgan fingerprint density at radius 1 is 0.441 bits per heavy atom. The van der Waals surface area contributed by atoms with Crippen LogP contribution in [0, 0.1) is 23.7 Å². The van der Waals surface area contributed by atoms with Crippen molar-refractivity contribution in [2.45, 2.75) is 297 Å². The average molecular weight is 1440 g/mol. The van der Waals surface area contributed by atoms with E-state index < -0.39 is 183 Å². The van der Waals surface area contributed by atoms with E-state index in [9.17, 15) is 82.1 Å². The van der Waals surface area contributed by atoms with Gasteiger partial charge in [-0.05, 0) is 157 Å². The molecule has 3 saturated heterocycles. The summed E-state index contributed by atoms with van der Waals surface area (Å²) in [5.41, 5.74) is -2.75. The van der Waals surface area contributed by atoms with Crippen molar-refractivity contribution in [3.63, 3.8) is 0 Å². The number of nitrogens with two attached hydrogens (primary N) is 1. The second-order valence-electron chi connectivity index (χ2n) is 31.3. The SMILES string of the molecule is CC[C@H](C)[C@H](NC(=O)[C@H](CO)NC(=O)[C@@H]1CCCN1C(=O)C(C)(C)NC(=O)[C@H](CC(C)C)NC(=O)[C@H](CCC(N)=O)NC(=O)C(C)(C)NC(C)=O)C(=O)NC(C)(C)C(=O)N1CCC[C@H]1C(=O)N[C@](C)(CC)C(=O)N[C@@H](CC(C)C)C(=O)NC(C)(C)C(=O)N1CCC[C@H]1C(=O)N[C@H](CO)CC(C)C. The molecule has 3 fully saturated rings. The molecular weight excluding hydrogens is 1320 g/mol. The summed E-state index contributed by atoms with van der Waals surface area (Å²) in [7, 11) is 0. The molecule has 3 rings (SSSR count). The summed E-state index contributed by atoms with van der Waals surface area (Å²) in [5.74, 6) is -11.5. The predicted molar refractivity (Wildman–Crippen MR) is 378 cm³/mol. The summed E-state index contributed by atoms with van der Waals surface area (Å²) in [5, 5.41) is 49.9. The van der Waals surface area contributed by atoms with Gasteiger partial charge in [-0.2, -0.15) is 0 Å². The fraction of sp³-hybridized carbons (Fsp3) is 0.786. The van der Waals surface area contributed by atoms with Crippen molar-refractivity contribution in [3.05, 3.63) is 0 Å². The van der Waals surface area contributed by atoms with Crippen LogP contribution in [-0.2, 0) is 71.9 Å². The minimum Gasteiger partial charge on any atom is -0.394 e. The van der Waals surface area contributed by atoms with Gasteiger partial charge < -0.3 is 89.1 Å². The number of aliphatic hydroxyl groups excluding tert-OH is 2. The van der Waals surface area contributed by atoms with E-state index in [2.05, 4.69) is 58.5 Å². The van der Waals surface area contributed by atoms with E-state index in [1.54, 1.807) is 34.6 Å². The number of primary amides is 1. The summed E-state index contributed by atoms with van der Waals surface area (Å²) in [6.07, 6.45) is 2.41. The maximum atomic E-state index is 14.6. The number of likely N-dealkylation sites (tertiary alicyclic amines) is 3. The van der Waals surface area contributed by atoms with Crippen LogP contribution >= 0.6 is 0 Å². The van der Waals surface area contributed by atoms with Gasteiger partial charge in [-0.15, -0.1) is 0 Å². The van der Waals surface area contributed by atoms with Gasteiger partial charge >= 0.3 is 0 Å². The fourth-order valence-corrected chi connectivity index (χ4v) is 12.8. The lowest BCUT2D eigenvalue weighted by molar-refractivity contribution is -0.147. The molecule has 0 aromatic carbocycles. The van der Waals surface area contributed by atoms with Gasteiger partial charge in [-0.25, -0.2) is 0 Å².